The Balaban J connectivity index is 1.86. The first-order valence-corrected chi connectivity index (χ1v) is 8.51. The van der Waals surface area contributed by atoms with E-state index in [1.54, 1.807) is 31.2 Å². The third-order valence-electron chi connectivity index (χ3n) is 3.63. The average molecular weight is 407 g/mol. The van der Waals surface area contributed by atoms with Crippen LogP contribution in [0, 0.1) is 10.8 Å². The van der Waals surface area contributed by atoms with E-state index in [0.717, 1.165) is 17.7 Å². The first-order valence-electron chi connectivity index (χ1n) is 8.51. The molecule has 0 aromatic heterocycles. The molecule has 0 aliphatic carbocycles. The Kier molecular flexibility index (Phi) is 7.35. The van der Waals surface area contributed by atoms with Crippen LogP contribution in [0.5, 0.6) is 5.75 Å². The van der Waals surface area contributed by atoms with Crippen LogP contribution in [-0.2, 0) is 22.4 Å². The Morgan fingerprint density at radius 1 is 0.966 bits per heavy atom. The van der Waals surface area contributed by atoms with Crippen LogP contribution in [0.2, 0.25) is 0 Å². The second-order valence-corrected chi connectivity index (χ2v) is 6.04. The minimum atomic E-state index is -4.36. The molecule has 9 heteroatoms. The van der Waals surface area contributed by atoms with Crippen molar-refractivity contribution in [2.45, 2.75) is 26.6 Å². The molecule has 0 spiro atoms. The molecule has 0 saturated heterocycles. The zero-order valence-electron chi connectivity index (χ0n) is 15.8. The summed E-state index contributed by atoms with van der Waals surface area (Å²) in [4.78, 5) is 5.22. The number of hydrogen-bond acceptors (Lipinski definition) is 6. The van der Waals surface area contributed by atoms with Gasteiger partial charge in [-0.25, -0.2) is 0 Å². The number of nitrogens with zero attached hydrogens (tertiary/aromatic N) is 1. The lowest BCUT2D eigenvalue weighted by molar-refractivity contribution is -0.137. The van der Waals surface area contributed by atoms with Crippen LogP contribution in [0.1, 0.15) is 30.5 Å². The Morgan fingerprint density at radius 3 is 2.14 bits per heavy atom. The molecule has 0 saturated carbocycles. The molecule has 2 rings (SSSR count). The van der Waals surface area contributed by atoms with Crippen molar-refractivity contribution in [2.24, 2.45) is 5.16 Å². The summed E-state index contributed by atoms with van der Waals surface area (Å²) < 4.78 is 47.8. The maximum absolute atomic E-state index is 12.5. The first-order chi connectivity index (χ1) is 13.6. The number of benzene rings is 2. The lowest BCUT2D eigenvalue weighted by Gasteiger charge is -2.09. The lowest BCUT2D eigenvalue weighted by atomic mass is 10.1. The minimum absolute atomic E-state index is 0.0468. The Morgan fingerprint density at radius 2 is 1.59 bits per heavy atom. The van der Waals surface area contributed by atoms with E-state index in [4.69, 9.17) is 25.1 Å². The fourth-order valence-corrected chi connectivity index (χ4v) is 2.20. The van der Waals surface area contributed by atoms with Gasteiger partial charge >= 0.3 is 6.18 Å². The van der Waals surface area contributed by atoms with Crippen molar-refractivity contribution in [2.75, 3.05) is 6.61 Å². The fraction of sp³-hybridized carbons (Fsp3) is 0.250. The standard InChI is InChI=1S/C20H20F3N3O3/c1-13(26-28-11-15-3-7-17(8-4-15)20(21,22)23)16-5-9-18(10-6-16)27-12-19(25)29-14(2)24/h3-10,24-25H,11-12H2,1-2H3/b24-14?,25-19?,26-13+. The minimum Gasteiger partial charge on any atom is -0.484 e. The van der Waals surface area contributed by atoms with Gasteiger partial charge in [0.05, 0.1) is 11.3 Å². The van der Waals surface area contributed by atoms with Gasteiger partial charge in [-0.15, -0.1) is 0 Å². The van der Waals surface area contributed by atoms with Gasteiger partial charge in [0, 0.05) is 6.92 Å². The van der Waals surface area contributed by atoms with Crippen LogP contribution in [-0.4, -0.2) is 24.1 Å². The summed E-state index contributed by atoms with van der Waals surface area (Å²) in [5.74, 6) is 0.260. The first kappa shape index (κ1) is 21.9. The molecule has 0 amide bonds. The summed E-state index contributed by atoms with van der Waals surface area (Å²) in [5.41, 5.74) is 1.21. The van der Waals surface area contributed by atoms with Crippen LogP contribution in [0.25, 0.3) is 0 Å². The van der Waals surface area contributed by atoms with Crippen LogP contribution >= 0.6 is 0 Å². The van der Waals surface area contributed by atoms with Crippen molar-refractivity contribution in [1.82, 2.24) is 0 Å². The number of halogens is 3. The second-order valence-electron chi connectivity index (χ2n) is 6.04. The molecular weight excluding hydrogens is 387 g/mol. The zero-order valence-corrected chi connectivity index (χ0v) is 15.8. The molecule has 0 atom stereocenters. The van der Waals surface area contributed by atoms with Gasteiger partial charge in [0.15, 0.2) is 12.5 Å². The number of ether oxygens (including phenoxy) is 2. The van der Waals surface area contributed by atoms with Crippen LogP contribution in [0.4, 0.5) is 13.2 Å². The normalized spacial score (nSPS) is 11.7. The second kappa shape index (κ2) is 9.72. The highest BCUT2D eigenvalue weighted by Gasteiger charge is 2.29. The van der Waals surface area contributed by atoms with Gasteiger partial charge in [0.1, 0.15) is 12.4 Å². The molecule has 0 aliphatic heterocycles. The maximum atomic E-state index is 12.5. The highest BCUT2D eigenvalue weighted by Crippen LogP contribution is 2.29. The third-order valence-corrected chi connectivity index (χ3v) is 3.63. The van der Waals surface area contributed by atoms with Crippen LogP contribution < -0.4 is 4.74 Å². The molecule has 0 fully saturated rings. The van der Waals surface area contributed by atoms with Gasteiger partial charge in [-0.3, -0.25) is 10.8 Å². The van der Waals surface area contributed by atoms with E-state index in [2.05, 4.69) is 5.16 Å². The molecule has 6 nitrogen and oxygen atoms in total. The van der Waals surface area contributed by atoms with E-state index in [1.807, 2.05) is 0 Å². The van der Waals surface area contributed by atoms with E-state index in [1.165, 1.54) is 19.1 Å². The molecule has 0 radical (unpaired) electrons. The molecule has 2 N–H and O–H groups in total. The molecule has 0 aliphatic rings. The fourth-order valence-electron chi connectivity index (χ4n) is 2.20. The van der Waals surface area contributed by atoms with Crippen molar-refractivity contribution < 1.29 is 27.5 Å². The number of alkyl halides is 3. The molecular formula is C20H20F3N3O3. The topological polar surface area (TPSA) is 87.8 Å². The molecule has 154 valence electrons. The summed E-state index contributed by atoms with van der Waals surface area (Å²) in [7, 11) is 0. The quantitative estimate of drug-likeness (QED) is 0.384. The monoisotopic (exact) mass is 407 g/mol. The Labute approximate surface area is 165 Å². The van der Waals surface area contributed by atoms with Crippen molar-refractivity contribution in [3.63, 3.8) is 0 Å². The van der Waals surface area contributed by atoms with E-state index in [-0.39, 0.29) is 25.0 Å². The highest BCUT2D eigenvalue weighted by atomic mass is 19.4. The smallest absolute Gasteiger partial charge is 0.416 e. The van der Waals surface area contributed by atoms with E-state index < -0.39 is 11.7 Å². The van der Waals surface area contributed by atoms with Crippen molar-refractivity contribution in [3.05, 3.63) is 65.2 Å². The van der Waals surface area contributed by atoms with Gasteiger partial charge in [0.2, 0.25) is 5.90 Å². The lowest BCUT2D eigenvalue weighted by Crippen LogP contribution is -2.16. The Hall–Kier alpha value is -3.36. The largest absolute Gasteiger partial charge is 0.484 e. The van der Waals surface area contributed by atoms with Gasteiger partial charge in [-0.2, -0.15) is 13.2 Å². The maximum Gasteiger partial charge on any atom is 0.416 e. The number of nitrogens with one attached hydrogen (secondary N) is 2. The summed E-state index contributed by atoms with van der Waals surface area (Å²) in [6.07, 6.45) is -4.36. The SMILES string of the molecule is CC(=N)OC(=N)COc1ccc(/C(C)=N/OCc2ccc(C(F)(F)F)cc2)cc1. The van der Waals surface area contributed by atoms with Gasteiger partial charge in [-0.1, -0.05) is 17.3 Å². The van der Waals surface area contributed by atoms with E-state index in [9.17, 15) is 13.2 Å². The Bertz CT molecular complexity index is 877. The van der Waals surface area contributed by atoms with Crippen molar-refractivity contribution in [3.8, 4) is 5.75 Å². The van der Waals surface area contributed by atoms with E-state index >= 15 is 0 Å². The number of rotatable bonds is 7. The van der Waals surface area contributed by atoms with Gasteiger partial charge in [-0.05, 0) is 54.4 Å². The summed E-state index contributed by atoms with van der Waals surface area (Å²) in [5, 5.41) is 18.6. The van der Waals surface area contributed by atoms with Crippen LogP contribution in [0.15, 0.2) is 53.7 Å². The number of hydrogen-bond donors (Lipinski definition) is 2. The predicted molar refractivity (Wildman–Crippen MR) is 103 cm³/mol. The average Bonchev–Trinajstić information content (AvgIpc) is 2.66. The molecule has 0 heterocycles. The van der Waals surface area contributed by atoms with E-state index in [0.29, 0.717) is 17.0 Å². The number of oxime groups is 1. The highest BCUT2D eigenvalue weighted by molar-refractivity contribution is 5.98. The summed E-state index contributed by atoms with van der Waals surface area (Å²) in [6.45, 7) is 3.11. The van der Waals surface area contributed by atoms with Crippen LogP contribution in [0.3, 0.4) is 0 Å². The summed E-state index contributed by atoms with van der Waals surface area (Å²) in [6, 6.07) is 11.6. The zero-order chi connectivity index (χ0) is 21.4. The van der Waals surface area contributed by atoms with Crippen molar-refractivity contribution in [1.29, 1.82) is 10.8 Å². The summed E-state index contributed by atoms with van der Waals surface area (Å²) >= 11 is 0. The molecule has 0 unspecified atom stereocenters. The van der Waals surface area contributed by atoms with Gasteiger partial charge in [0.25, 0.3) is 0 Å². The predicted octanol–water partition coefficient (Wildman–Crippen LogP) is 5.02. The molecule has 29 heavy (non-hydrogen) atoms. The molecule has 2 aromatic carbocycles. The molecule has 2 aromatic rings. The molecule has 0 bridgehead atoms. The third kappa shape index (κ3) is 7.28. The van der Waals surface area contributed by atoms with Crippen molar-refractivity contribution >= 4 is 17.5 Å². The van der Waals surface area contributed by atoms with Gasteiger partial charge < -0.3 is 14.3 Å².